The van der Waals surface area contributed by atoms with Gasteiger partial charge in [0.1, 0.15) is 17.4 Å². The molecule has 0 radical (unpaired) electrons. The molecule has 0 aliphatic carbocycles. The highest BCUT2D eigenvalue weighted by atomic mass is 32.2. The van der Waals surface area contributed by atoms with E-state index in [0.717, 1.165) is 16.3 Å². The Morgan fingerprint density at radius 2 is 1.94 bits per heavy atom. The first-order valence-corrected chi connectivity index (χ1v) is 12.1. The zero-order valence-corrected chi connectivity index (χ0v) is 19.2. The Balaban J connectivity index is 1.60. The van der Waals surface area contributed by atoms with Crippen LogP contribution in [-0.2, 0) is 27.8 Å². The number of nitrogens with two attached hydrogens (primary N) is 1. The van der Waals surface area contributed by atoms with Crippen molar-refractivity contribution in [2.45, 2.75) is 37.8 Å². The molecule has 164 valence electrons. The van der Waals surface area contributed by atoms with Gasteiger partial charge in [-0.3, -0.25) is 4.79 Å². The second kappa shape index (κ2) is 9.59. The molecule has 0 saturated carbocycles. The number of likely N-dealkylation sites (N-methyl/N-ethyl adjacent to an activating group) is 1. The van der Waals surface area contributed by atoms with Gasteiger partial charge in [0.05, 0.1) is 23.1 Å². The number of hydrogen-bond acceptors (Lipinski definition) is 6. The van der Waals surface area contributed by atoms with Gasteiger partial charge in [0.2, 0.25) is 15.9 Å². The number of ether oxygens (including phenoxy) is 1. The van der Waals surface area contributed by atoms with Gasteiger partial charge in [0.15, 0.2) is 0 Å². The largest absolute Gasteiger partial charge is 0.486 e. The van der Waals surface area contributed by atoms with Crippen LogP contribution in [0.15, 0.2) is 58.8 Å². The fraction of sp³-hybridized carbons (Fsp3) is 0.273. The highest BCUT2D eigenvalue weighted by Gasteiger charge is 2.20. The van der Waals surface area contributed by atoms with Crippen LogP contribution in [0.5, 0.6) is 5.75 Å². The van der Waals surface area contributed by atoms with Crippen LogP contribution in [0.3, 0.4) is 0 Å². The van der Waals surface area contributed by atoms with Crippen molar-refractivity contribution in [3.8, 4) is 5.75 Å². The maximum atomic E-state index is 12.7. The SMILES string of the molecule is Cc1ccc(OCc2nc(CC(=O)N(C)C(C)c3cccc(S(N)(=O)=O)c3)cs2)cc1. The minimum Gasteiger partial charge on any atom is -0.486 e. The standard InChI is InChI=1S/C22H25N3O4S2/c1-15-7-9-19(10-8-15)29-13-21-24-18(14-30-21)12-22(26)25(3)16(2)17-5-4-6-20(11-17)31(23,27)28/h4-11,14,16H,12-13H2,1-3H3,(H2,23,27,28). The number of primary sulfonamides is 1. The first-order chi connectivity index (χ1) is 14.6. The second-order valence-electron chi connectivity index (χ2n) is 7.31. The lowest BCUT2D eigenvalue weighted by molar-refractivity contribution is -0.131. The van der Waals surface area contributed by atoms with Crippen LogP contribution in [0.2, 0.25) is 0 Å². The average Bonchev–Trinajstić information content (AvgIpc) is 3.19. The molecule has 1 atom stereocenters. The first kappa shape index (κ1) is 22.9. The lowest BCUT2D eigenvalue weighted by atomic mass is 10.1. The van der Waals surface area contributed by atoms with Crippen molar-refractivity contribution in [3.05, 3.63) is 75.7 Å². The third-order valence-corrected chi connectivity index (χ3v) is 6.74. The van der Waals surface area contributed by atoms with Crippen LogP contribution in [0.1, 0.15) is 34.8 Å². The molecule has 0 spiro atoms. The maximum absolute atomic E-state index is 12.7. The van der Waals surface area contributed by atoms with Crippen molar-refractivity contribution in [3.63, 3.8) is 0 Å². The number of hydrogen-bond donors (Lipinski definition) is 1. The molecule has 3 aromatic rings. The van der Waals surface area contributed by atoms with Gasteiger partial charge >= 0.3 is 0 Å². The van der Waals surface area contributed by atoms with Crippen LogP contribution in [0.4, 0.5) is 0 Å². The van der Waals surface area contributed by atoms with Gasteiger partial charge in [-0.1, -0.05) is 29.8 Å². The summed E-state index contributed by atoms with van der Waals surface area (Å²) in [7, 11) is -2.12. The van der Waals surface area contributed by atoms with E-state index in [1.54, 1.807) is 24.1 Å². The lowest BCUT2D eigenvalue weighted by Crippen LogP contribution is -2.31. The van der Waals surface area contributed by atoms with E-state index in [4.69, 9.17) is 9.88 Å². The van der Waals surface area contributed by atoms with E-state index in [1.165, 1.54) is 23.5 Å². The van der Waals surface area contributed by atoms with Crippen molar-refractivity contribution in [1.29, 1.82) is 0 Å². The molecule has 1 aromatic heterocycles. The topological polar surface area (TPSA) is 103 Å². The number of rotatable bonds is 8. The minimum atomic E-state index is -3.80. The zero-order chi connectivity index (χ0) is 22.6. The third-order valence-electron chi connectivity index (χ3n) is 4.96. The number of amides is 1. The molecule has 1 amide bonds. The molecule has 1 heterocycles. The van der Waals surface area contributed by atoms with Gasteiger partial charge in [-0.2, -0.15) is 0 Å². The number of aromatic nitrogens is 1. The van der Waals surface area contributed by atoms with Crippen LogP contribution in [-0.4, -0.2) is 31.3 Å². The van der Waals surface area contributed by atoms with Gasteiger partial charge < -0.3 is 9.64 Å². The molecule has 2 N–H and O–H groups in total. The molecule has 0 saturated heterocycles. The summed E-state index contributed by atoms with van der Waals surface area (Å²) >= 11 is 1.45. The fourth-order valence-electron chi connectivity index (χ4n) is 2.95. The maximum Gasteiger partial charge on any atom is 0.238 e. The summed E-state index contributed by atoms with van der Waals surface area (Å²) in [6, 6.07) is 13.8. The van der Waals surface area contributed by atoms with Crippen molar-refractivity contribution in [2.24, 2.45) is 5.14 Å². The molecule has 9 heteroatoms. The molecular weight excluding hydrogens is 434 g/mol. The number of carbonyl (C=O) groups is 1. The summed E-state index contributed by atoms with van der Waals surface area (Å²) < 4.78 is 28.9. The van der Waals surface area contributed by atoms with Crippen molar-refractivity contribution in [1.82, 2.24) is 9.88 Å². The fourth-order valence-corrected chi connectivity index (χ4v) is 4.22. The Labute approximate surface area is 186 Å². The zero-order valence-electron chi connectivity index (χ0n) is 17.6. The summed E-state index contributed by atoms with van der Waals surface area (Å²) in [6.45, 7) is 4.19. The third kappa shape index (κ3) is 6.13. The van der Waals surface area contributed by atoms with E-state index in [9.17, 15) is 13.2 Å². The van der Waals surface area contributed by atoms with E-state index in [0.29, 0.717) is 17.9 Å². The Bertz CT molecular complexity index is 1160. The van der Waals surface area contributed by atoms with E-state index in [2.05, 4.69) is 4.98 Å². The molecule has 0 aliphatic rings. The quantitative estimate of drug-likeness (QED) is 0.556. The Kier molecular flexibility index (Phi) is 7.09. The van der Waals surface area contributed by atoms with Crippen molar-refractivity contribution < 1.29 is 17.9 Å². The monoisotopic (exact) mass is 459 g/mol. The van der Waals surface area contributed by atoms with Crippen molar-refractivity contribution in [2.75, 3.05) is 7.05 Å². The predicted molar refractivity (Wildman–Crippen MR) is 120 cm³/mol. The molecule has 7 nitrogen and oxygen atoms in total. The summed E-state index contributed by atoms with van der Waals surface area (Å²) in [6.07, 6.45) is 0.150. The average molecular weight is 460 g/mol. The van der Waals surface area contributed by atoms with Crippen LogP contribution >= 0.6 is 11.3 Å². The van der Waals surface area contributed by atoms with Crippen LogP contribution in [0.25, 0.3) is 0 Å². The first-order valence-electron chi connectivity index (χ1n) is 9.64. The van der Waals surface area contributed by atoms with Gasteiger partial charge in [0, 0.05) is 12.4 Å². The molecule has 3 rings (SSSR count). The molecule has 0 bridgehead atoms. The Morgan fingerprint density at radius 3 is 2.61 bits per heavy atom. The molecule has 2 aromatic carbocycles. The summed E-state index contributed by atoms with van der Waals surface area (Å²) in [4.78, 5) is 18.8. The normalized spacial score (nSPS) is 12.4. The predicted octanol–water partition coefficient (Wildman–Crippen LogP) is 3.44. The van der Waals surface area contributed by atoms with Gasteiger partial charge in [-0.05, 0) is 43.7 Å². The summed E-state index contributed by atoms with van der Waals surface area (Å²) in [5.74, 6) is 0.651. The molecule has 0 fully saturated rings. The Morgan fingerprint density at radius 1 is 1.23 bits per heavy atom. The minimum absolute atomic E-state index is 0.0235. The van der Waals surface area contributed by atoms with E-state index in [1.807, 2.05) is 43.5 Å². The van der Waals surface area contributed by atoms with E-state index in [-0.39, 0.29) is 23.3 Å². The van der Waals surface area contributed by atoms with Gasteiger partial charge in [-0.25, -0.2) is 18.5 Å². The number of thiazole rings is 1. The second-order valence-corrected chi connectivity index (χ2v) is 9.81. The van der Waals surface area contributed by atoms with E-state index < -0.39 is 10.0 Å². The molecule has 0 aliphatic heterocycles. The summed E-state index contributed by atoms with van der Waals surface area (Å²) in [5.41, 5.74) is 2.53. The Hall–Kier alpha value is -2.75. The lowest BCUT2D eigenvalue weighted by Gasteiger charge is -2.25. The van der Waals surface area contributed by atoms with Gasteiger partial charge in [0.25, 0.3) is 0 Å². The number of nitrogens with zero attached hydrogens (tertiary/aromatic N) is 2. The van der Waals surface area contributed by atoms with Gasteiger partial charge in [-0.15, -0.1) is 11.3 Å². The van der Waals surface area contributed by atoms with Crippen molar-refractivity contribution >= 4 is 27.3 Å². The molecule has 31 heavy (non-hydrogen) atoms. The number of aryl methyl sites for hydroxylation is 1. The van der Waals surface area contributed by atoms with Crippen LogP contribution < -0.4 is 9.88 Å². The number of carbonyl (C=O) groups excluding carboxylic acids is 1. The number of sulfonamides is 1. The van der Waals surface area contributed by atoms with E-state index >= 15 is 0 Å². The summed E-state index contributed by atoms with van der Waals surface area (Å²) in [5, 5.41) is 7.85. The smallest absolute Gasteiger partial charge is 0.238 e. The number of benzene rings is 2. The van der Waals surface area contributed by atoms with Crippen LogP contribution in [0, 0.1) is 6.92 Å². The molecular formula is C22H25N3O4S2. The highest BCUT2D eigenvalue weighted by Crippen LogP contribution is 2.23. The molecule has 1 unspecified atom stereocenters. The highest BCUT2D eigenvalue weighted by molar-refractivity contribution is 7.89.